The minimum Gasteiger partial charge on any atom is -0.456 e. The molecule has 10 rings (SSSR count). The Bertz CT molecular complexity index is 3030. The van der Waals surface area contributed by atoms with Gasteiger partial charge in [0.2, 0.25) is 0 Å². The topological polar surface area (TPSA) is 70.6 Å². The van der Waals surface area contributed by atoms with Crippen LogP contribution in [0.3, 0.4) is 0 Å². The van der Waals surface area contributed by atoms with Crippen LogP contribution in [0, 0.1) is 22.7 Å². The predicted molar refractivity (Wildman–Crippen MR) is 197 cm³/mol. The molecule has 0 bridgehead atoms. The fourth-order valence-electron chi connectivity index (χ4n) is 7.74. The van der Waals surface area contributed by atoms with Crippen LogP contribution in [0.1, 0.15) is 11.1 Å². The van der Waals surface area contributed by atoms with Crippen molar-refractivity contribution >= 4 is 65.6 Å². The standard InChI is InChI=1S/C44H24N4O/c45-25-27-17-19-39(48-36-13-5-1-9-30(36)31-10-2-6-14-37(31)48)34(23-27)28-18-20-35(29(24-28)26-46)47-38-15-7-3-11-32(38)43-40(47)21-22-42-44(43)33-12-4-8-16-41(33)49-42/h1-24H. The quantitative estimate of drug-likeness (QED) is 0.196. The number of hydrogen-bond acceptors (Lipinski definition) is 3. The summed E-state index contributed by atoms with van der Waals surface area (Å²) in [7, 11) is 0. The van der Waals surface area contributed by atoms with E-state index in [1.165, 1.54) is 0 Å². The maximum Gasteiger partial charge on any atom is 0.136 e. The number of furan rings is 1. The van der Waals surface area contributed by atoms with Gasteiger partial charge in [-0.25, -0.2) is 0 Å². The molecule has 3 aromatic heterocycles. The third kappa shape index (κ3) is 3.79. The number of fused-ring (bicyclic) bond motifs is 10. The molecule has 0 atom stereocenters. The fourth-order valence-corrected chi connectivity index (χ4v) is 7.74. The van der Waals surface area contributed by atoms with Crippen molar-refractivity contribution in [2.45, 2.75) is 0 Å². The summed E-state index contributed by atoms with van der Waals surface area (Å²) in [6.45, 7) is 0. The van der Waals surface area contributed by atoms with Crippen molar-refractivity contribution < 1.29 is 4.42 Å². The number of hydrogen-bond donors (Lipinski definition) is 0. The Balaban J connectivity index is 1.24. The second-order valence-corrected chi connectivity index (χ2v) is 12.3. The predicted octanol–water partition coefficient (Wildman–Crippen LogP) is 11.2. The normalized spacial score (nSPS) is 11.6. The molecule has 0 amide bonds. The molecule has 0 N–H and O–H groups in total. The Hall–Kier alpha value is -7.08. The number of benzene rings is 7. The molecule has 0 saturated carbocycles. The molecule has 0 aliphatic rings. The van der Waals surface area contributed by atoms with Crippen LogP contribution in [-0.2, 0) is 0 Å². The first kappa shape index (κ1) is 27.1. The van der Waals surface area contributed by atoms with Gasteiger partial charge in [-0.1, -0.05) is 78.9 Å². The van der Waals surface area contributed by atoms with Crippen molar-refractivity contribution in [3.05, 3.63) is 157 Å². The highest BCUT2D eigenvalue weighted by atomic mass is 16.3. The van der Waals surface area contributed by atoms with Gasteiger partial charge in [-0.05, 0) is 72.3 Å². The van der Waals surface area contributed by atoms with Gasteiger partial charge in [0.25, 0.3) is 0 Å². The van der Waals surface area contributed by atoms with Gasteiger partial charge in [-0.15, -0.1) is 0 Å². The highest BCUT2D eigenvalue weighted by Gasteiger charge is 2.21. The lowest BCUT2D eigenvalue weighted by molar-refractivity contribution is 0.669. The smallest absolute Gasteiger partial charge is 0.136 e. The van der Waals surface area contributed by atoms with Crippen LogP contribution in [0.2, 0.25) is 0 Å². The average Bonchev–Trinajstić information content (AvgIpc) is 3.82. The number of nitriles is 2. The maximum atomic E-state index is 10.7. The zero-order valence-electron chi connectivity index (χ0n) is 26.1. The number of rotatable bonds is 3. The molecule has 0 saturated heterocycles. The minimum absolute atomic E-state index is 0.535. The van der Waals surface area contributed by atoms with Gasteiger partial charge in [0.15, 0.2) is 0 Å². The van der Waals surface area contributed by atoms with Crippen molar-refractivity contribution in [3.8, 4) is 34.6 Å². The third-order valence-corrected chi connectivity index (χ3v) is 9.79. The third-order valence-electron chi connectivity index (χ3n) is 9.79. The largest absolute Gasteiger partial charge is 0.456 e. The Kier molecular flexibility index (Phi) is 5.64. The Morgan fingerprint density at radius 3 is 1.78 bits per heavy atom. The molecule has 226 valence electrons. The lowest BCUT2D eigenvalue weighted by Crippen LogP contribution is -2.00. The van der Waals surface area contributed by atoms with Gasteiger partial charge in [-0.3, -0.25) is 0 Å². The van der Waals surface area contributed by atoms with Crippen LogP contribution in [-0.4, -0.2) is 9.13 Å². The van der Waals surface area contributed by atoms with Gasteiger partial charge in [0.1, 0.15) is 17.2 Å². The first-order valence-corrected chi connectivity index (χ1v) is 16.1. The van der Waals surface area contributed by atoms with E-state index in [0.29, 0.717) is 11.1 Å². The fraction of sp³-hybridized carbons (Fsp3) is 0. The van der Waals surface area contributed by atoms with Crippen molar-refractivity contribution in [1.82, 2.24) is 9.13 Å². The minimum atomic E-state index is 0.535. The van der Waals surface area contributed by atoms with E-state index in [1.54, 1.807) is 0 Å². The van der Waals surface area contributed by atoms with Gasteiger partial charge in [-0.2, -0.15) is 10.5 Å². The molecule has 7 aromatic carbocycles. The van der Waals surface area contributed by atoms with E-state index in [-0.39, 0.29) is 0 Å². The molecule has 0 radical (unpaired) electrons. The van der Waals surface area contributed by atoms with E-state index in [2.05, 4.69) is 106 Å². The van der Waals surface area contributed by atoms with E-state index >= 15 is 0 Å². The molecule has 5 nitrogen and oxygen atoms in total. The lowest BCUT2D eigenvalue weighted by atomic mass is 9.98. The lowest BCUT2D eigenvalue weighted by Gasteiger charge is -2.16. The Morgan fingerprint density at radius 2 is 1.06 bits per heavy atom. The van der Waals surface area contributed by atoms with Crippen LogP contribution < -0.4 is 0 Å². The van der Waals surface area contributed by atoms with Crippen LogP contribution in [0.15, 0.2) is 150 Å². The Labute approximate surface area is 280 Å². The highest BCUT2D eigenvalue weighted by Crippen LogP contribution is 2.42. The van der Waals surface area contributed by atoms with Gasteiger partial charge < -0.3 is 13.6 Å². The van der Waals surface area contributed by atoms with Crippen molar-refractivity contribution in [2.75, 3.05) is 0 Å². The van der Waals surface area contributed by atoms with Crippen LogP contribution >= 0.6 is 0 Å². The molecule has 49 heavy (non-hydrogen) atoms. The summed E-state index contributed by atoms with van der Waals surface area (Å²) in [5.74, 6) is 0. The van der Waals surface area contributed by atoms with Crippen LogP contribution in [0.5, 0.6) is 0 Å². The molecule has 0 fully saturated rings. The van der Waals surface area contributed by atoms with E-state index in [0.717, 1.165) is 88.1 Å². The first-order valence-electron chi connectivity index (χ1n) is 16.1. The van der Waals surface area contributed by atoms with E-state index in [4.69, 9.17) is 4.42 Å². The second kappa shape index (κ2) is 10.2. The SMILES string of the molecule is N#Cc1ccc(-n2c3ccccc3c3ccccc32)c(-c2ccc(-n3c4ccccc4c4c5c(ccc43)oc3ccccc35)c(C#N)c2)c1. The first-order chi connectivity index (χ1) is 24.2. The van der Waals surface area contributed by atoms with Crippen molar-refractivity contribution in [3.63, 3.8) is 0 Å². The molecule has 0 spiro atoms. The monoisotopic (exact) mass is 624 g/mol. The van der Waals surface area contributed by atoms with E-state index < -0.39 is 0 Å². The molecule has 10 aromatic rings. The zero-order chi connectivity index (χ0) is 32.6. The van der Waals surface area contributed by atoms with Crippen molar-refractivity contribution in [1.29, 1.82) is 10.5 Å². The number of nitrogens with zero attached hydrogens (tertiary/aromatic N) is 4. The zero-order valence-corrected chi connectivity index (χ0v) is 26.1. The molecule has 5 heteroatoms. The summed E-state index contributed by atoms with van der Waals surface area (Å²) in [5, 5.41) is 27.3. The summed E-state index contributed by atoms with van der Waals surface area (Å²) in [6, 6.07) is 54.1. The molecular formula is C44H24N4O. The molecule has 3 heterocycles. The summed E-state index contributed by atoms with van der Waals surface area (Å²) >= 11 is 0. The molecule has 0 aliphatic heterocycles. The van der Waals surface area contributed by atoms with Gasteiger partial charge in [0.05, 0.1) is 50.6 Å². The highest BCUT2D eigenvalue weighted by molar-refractivity contribution is 6.27. The average molecular weight is 625 g/mol. The van der Waals surface area contributed by atoms with Crippen LogP contribution in [0.25, 0.3) is 88.1 Å². The molecule has 0 unspecified atom stereocenters. The second-order valence-electron chi connectivity index (χ2n) is 12.3. The van der Waals surface area contributed by atoms with E-state index in [9.17, 15) is 10.5 Å². The van der Waals surface area contributed by atoms with Crippen molar-refractivity contribution in [2.24, 2.45) is 0 Å². The summed E-state index contributed by atoms with van der Waals surface area (Å²) in [6.07, 6.45) is 0. The maximum absolute atomic E-state index is 10.7. The van der Waals surface area contributed by atoms with E-state index in [1.807, 2.05) is 60.7 Å². The Morgan fingerprint density at radius 1 is 0.449 bits per heavy atom. The molecule has 0 aliphatic carbocycles. The summed E-state index contributed by atoms with van der Waals surface area (Å²) < 4.78 is 10.7. The van der Waals surface area contributed by atoms with Gasteiger partial charge in [0, 0.05) is 37.9 Å². The van der Waals surface area contributed by atoms with Gasteiger partial charge >= 0.3 is 0 Å². The molecular weight excluding hydrogens is 601 g/mol. The number of aromatic nitrogens is 2. The summed E-state index contributed by atoms with van der Waals surface area (Å²) in [4.78, 5) is 0. The summed E-state index contributed by atoms with van der Waals surface area (Å²) in [5.41, 5.74) is 10.4. The van der Waals surface area contributed by atoms with Crippen LogP contribution in [0.4, 0.5) is 0 Å². The number of para-hydroxylation sites is 4.